The second-order valence-electron chi connectivity index (χ2n) is 17.1. The fourth-order valence-corrected chi connectivity index (χ4v) is 4.80. The molecule has 3 rings (SSSR count). The van der Waals surface area contributed by atoms with Crippen molar-refractivity contribution in [2.24, 2.45) is 17.3 Å². The summed E-state index contributed by atoms with van der Waals surface area (Å²) in [5, 5.41) is 3.81. The van der Waals surface area contributed by atoms with Crippen LogP contribution in [0, 0.1) is 17.3 Å². The van der Waals surface area contributed by atoms with Gasteiger partial charge in [0, 0.05) is 12.1 Å². The monoisotopic (exact) mass is 626 g/mol. The van der Waals surface area contributed by atoms with Crippen LogP contribution >= 0.6 is 0 Å². The quantitative estimate of drug-likeness (QED) is 0.252. The zero-order valence-electron chi connectivity index (χ0n) is 31.8. The van der Waals surface area contributed by atoms with E-state index in [-0.39, 0.29) is 23.5 Å². The maximum atomic E-state index is 5.54. The molecule has 258 valence electrons. The molecule has 4 nitrogen and oxygen atoms in total. The summed E-state index contributed by atoms with van der Waals surface area (Å²) in [4.78, 5) is 0. The Balaban J connectivity index is 0.000000444. The minimum Gasteiger partial charge on any atom is -0.373 e. The van der Waals surface area contributed by atoms with Crippen LogP contribution in [0.2, 0.25) is 0 Å². The lowest BCUT2D eigenvalue weighted by molar-refractivity contribution is -0.174. The summed E-state index contributed by atoms with van der Waals surface area (Å²) < 4.78 is 16.5. The van der Waals surface area contributed by atoms with Gasteiger partial charge in [-0.2, -0.15) is 0 Å². The van der Waals surface area contributed by atoms with Gasteiger partial charge in [0.15, 0.2) is 6.29 Å². The predicted octanol–water partition coefficient (Wildman–Crippen LogP) is 11.0. The third-order valence-corrected chi connectivity index (χ3v) is 6.55. The van der Waals surface area contributed by atoms with E-state index >= 15 is 0 Å². The van der Waals surface area contributed by atoms with E-state index in [1.165, 1.54) is 35.1 Å². The summed E-state index contributed by atoms with van der Waals surface area (Å²) >= 11 is 0. The first-order valence-electron chi connectivity index (χ1n) is 17.5. The van der Waals surface area contributed by atoms with Gasteiger partial charge < -0.3 is 19.5 Å². The number of ether oxygens (including phenoxy) is 3. The fourth-order valence-electron chi connectivity index (χ4n) is 4.80. The number of benzene rings is 2. The number of hydrogen-bond donors (Lipinski definition) is 1. The van der Waals surface area contributed by atoms with Crippen molar-refractivity contribution in [2.75, 3.05) is 19.8 Å². The standard InChI is InChI=1S/C25H37N.C11H22O3.C5H12/c1-18(2)16-20-8-12-22(13-9-20)24(26-25(5,6)7)23-14-10-21(11-15-23)17-19(3)4;1-11(2,3)14-9-8-13-10-6-4-5-7-12-10;1-5(2,3)4/h8-15,18-19,24,26H,16-17H2,1-7H3;10H,4-9H2,1-3H3;1-4H3. The van der Waals surface area contributed by atoms with Gasteiger partial charge in [-0.3, -0.25) is 0 Å². The van der Waals surface area contributed by atoms with Gasteiger partial charge in [0.25, 0.3) is 0 Å². The van der Waals surface area contributed by atoms with E-state index < -0.39 is 0 Å². The molecule has 1 aliphatic rings. The number of rotatable bonds is 11. The van der Waals surface area contributed by atoms with Gasteiger partial charge in [-0.1, -0.05) is 104 Å². The van der Waals surface area contributed by atoms with E-state index in [2.05, 4.69) is 130 Å². The Hall–Kier alpha value is -1.72. The zero-order chi connectivity index (χ0) is 34.3. The first-order valence-corrected chi connectivity index (χ1v) is 17.5. The highest BCUT2D eigenvalue weighted by atomic mass is 16.7. The van der Waals surface area contributed by atoms with Crippen LogP contribution in [0.4, 0.5) is 0 Å². The minimum absolute atomic E-state index is 0.00678. The molecule has 1 aliphatic heterocycles. The average Bonchev–Trinajstić information content (AvgIpc) is 2.89. The second kappa shape index (κ2) is 19.8. The number of hydrogen-bond acceptors (Lipinski definition) is 4. The molecular formula is C41H71NO3. The third-order valence-electron chi connectivity index (χ3n) is 6.55. The van der Waals surface area contributed by atoms with Gasteiger partial charge in [0.1, 0.15) is 0 Å². The molecule has 1 saturated heterocycles. The molecule has 2 aromatic rings. The van der Waals surface area contributed by atoms with Crippen molar-refractivity contribution in [3.63, 3.8) is 0 Å². The van der Waals surface area contributed by atoms with Gasteiger partial charge in [0.2, 0.25) is 0 Å². The van der Waals surface area contributed by atoms with Crippen LogP contribution in [0.5, 0.6) is 0 Å². The van der Waals surface area contributed by atoms with Crippen LogP contribution in [-0.2, 0) is 27.1 Å². The molecular weight excluding hydrogens is 554 g/mol. The van der Waals surface area contributed by atoms with E-state index in [9.17, 15) is 0 Å². The molecule has 1 unspecified atom stereocenters. The lowest BCUT2D eigenvalue weighted by Gasteiger charge is -2.29. The molecule has 1 atom stereocenters. The lowest BCUT2D eigenvalue weighted by Crippen LogP contribution is -2.39. The summed E-state index contributed by atoms with van der Waals surface area (Å²) in [5.41, 5.74) is 6.00. The van der Waals surface area contributed by atoms with E-state index in [1.807, 2.05) is 20.8 Å². The van der Waals surface area contributed by atoms with Crippen LogP contribution < -0.4 is 5.32 Å². The van der Waals surface area contributed by atoms with Crippen LogP contribution in [0.1, 0.15) is 144 Å². The van der Waals surface area contributed by atoms with Crippen molar-refractivity contribution in [1.82, 2.24) is 5.32 Å². The smallest absolute Gasteiger partial charge is 0.157 e. The largest absolute Gasteiger partial charge is 0.373 e. The Bertz CT molecular complexity index is 955. The van der Waals surface area contributed by atoms with Gasteiger partial charge in [-0.15, -0.1) is 0 Å². The summed E-state index contributed by atoms with van der Waals surface area (Å²) in [5.74, 6) is 1.38. The van der Waals surface area contributed by atoms with Crippen molar-refractivity contribution < 1.29 is 14.2 Å². The molecule has 0 radical (unpaired) electrons. The molecule has 1 heterocycles. The highest BCUT2D eigenvalue weighted by molar-refractivity contribution is 5.35. The van der Waals surface area contributed by atoms with Crippen LogP contribution in [0.15, 0.2) is 48.5 Å². The van der Waals surface area contributed by atoms with Gasteiger partial charge in [0.05, 0.1) is 24.9 Å². The molecule has 0 saturated carbocycles. The Morgan fingerprint density at radius 2 is 1.13 bits per heavy atom. The van der Waals surface area contributed by atoms with Gasteiger partial charge >= 0.3 is 0 Å². The number of nitrogens with one attached hydrogen (secondary N) is 1. The molecule has 0 spiro atoms. The third kappa shape index (κ3) is 22.4. The highest BCUT2D eigenvalue weighted by Crippen LogP contribution is 2.26. The van der Waals surface area contributed by atoms with Crippen molar-refractivity contribution in [2.45, 2.75) is 153 Å². The Morgan fingerprint density at radius 3 is 1.47 bits per heavy atom. The molecule has 0 aliphatic carbocycles. The Morgan fingerprint density at radius 1 is 0.689 bits per heavy atom. The molecule has 0 amide bonds. The highest BCUT2D eigenvalue weighted by Gasteiger charge is 2.21. The van der Waals surface area contributed by atoms with E-state index in [0.29, 0.717) is 30.5 Å². The molecule has 1 fully saturated rings. The molecule has 1 N–H and O–H groups in total. The topological polar surface area (TPSA) is 39.7 Å². The molecule has 0 bridgehead atoms. The average molecular weight is 626 g/mol. The molecule has 45 heavy (non-hydrogen) atoms. The molecule has 2 aromatic carbocycles. The maximum Gasteiger partial charge on any atom is 0.157 e. The van der Waals surface area contributed by atoms with Crippen LogP contribution in [-0.4, -0.2) is 37.3 Å². The lowest BCUT2D eigenvalue weighted by atomic mass is 9.92. The molecule has 0 aromatic heterocycles. The predicted molar refractivity (Wildman–Crippen MR) is 195 cm³/mol. The minimum atomic E-state index is -0.0726. The Kier molecular flexibility index (Phi) is 18.2. The normalized spacial score (nSPS) is 15.9. The van der Waals surface area contributed by atoms with Crippen molar-refractivity contribution >= 4 is 0 Å². The van der Waals surface area contributed by atoms with Crippen LogP contribution in [0.25, 0.3) is 0 Å². The summed E-state index contributed by atoms with van der Waals surface area (Å²) in [6, 6.07) is 18.6. The van der Waals surface area contributed by atoms with E-state index in [0.717, 1.165) is 25.9 Å². The summed E-state index contributed by atoms with van der Waals surface area (Å²) in [6.45, 7) is 32.8. The second-order valence-corrected chi connectivity index (χ2v) is 17.1. The summed E-state index contributed by atoms with van der Waals surface area (Å²) in [7, 11) is 0. The molecule has 4 heteroatoms. The van der Waals surface area contributed by atoms with E-state index in [1.54, 1.807) is 0 Å². The summed E-state index contributed by atoms with van der Waals surface area (Å²) in [6.07, 6.45) is 5.69. The maximum absolute atomic E-state index is 5.54. The van der Waals surface area contributed by atoms with Crippen molar-refractivity contribution in [3.05, 3.63) is 70.8 Å². The van der Waals surface area contributed by atoms with Gasteiger partial charge in [-0.25, -0.2) is 0 Å². The first-order chi connectivity index (χ1) is 20.7. The first kappa shape index (κ1) is 41.3. The van der Waals surface area contributed by atoms with E-state index in [4.69, 9.17) is 14.2 Å². The fraction of sp³-hybridized carbons (Fsp3) is 0.707. The SMILES string of the molecule is CC(C)(C)C.CC(C)(C)OCCOC1CCCCO1.CC(C)Cc1ccc(C(NC(C)(C)C)c2ccc(CC(C)C)cc2)cc1. The zero-order valence-corrected chi connectivity index (χ0v) is 31.8. The Labute approximate surface area is 279 Å². The van der Waals surface area contributed by atoms with Crippen molar-refractivity contribution in [3.8, 4) is 0 Å². The van der Waals surface area contributed by atoms with Gasteiger partial charge in [-0.05, 0) is 113 Å². The van der Waals surface area contributed by atoms with Crippen LogP contribution in [0.3, 0.4) is 0 Å². The van der Waals surface area contributed by atoms with Crippen molar-refractivity contribution in [1.29, 1.82) is 0 Å².